The Labute approximate surface area is 159 Å². The molecule has 3 rings (SSSR count). The molecular weight excluding hydrogens is 366 g/mol. The molecule has 1 atom stereocenters. The van der Waals surface area contributed by atoms with Crippen LogP contribution in [0.4, 0.5) is 5.69 Å². The van der Waals surface area contributed by atoms with Crippen molar-refractivity contribution in [1.29, 1.82) is 0 Å². The Morgan fingerprint density at radius 3 is 2.59 bits per heavy atom. The summed E-state index contributed by atoms with van der Waals surface area (Å²) in [6, 6.07) is 11.7. The van der Waals surface area contributed by atoms with Crippen molar-refractivity contribution in [2.24, 2.45) is 0 Å². The minimum absolute atomic E-state index is 0.0536. The zero-order chi connectivity index (χ0) is 19.4. The third-order valence-corrected chi connectivity index (χ3v) is 4.79. The number of thioether (sulfide) groups is 1. The van der Waals surface area contributed by atoms with E-state index < -0.39 is 10.8 Å². The minimum Gasteiger partial charge on any atom is -0.345 e. The molecule has 0 fully saturated rings. The first kappa shape index (κ1) is 18.6. The summed E-state index contributed by atoms with van der Waals surface area (Å²) < 4.78 is 1.63. The third-order valence-electron chi connectivity index (χ3n) is 4.07. The summed E-state index contributed by atoms with van der Waals surface area (Å²) in [5.41, 5.74) is 1.56. The van der Waals surface area contributed by atoms with E-state index in [1.807, 2.05) is 37.4 Å². The molecule has 0 spiro atoms. The topological polar surface area (TPSA) is 103 Å². The van der Waals surface area contributed by atoms with Crippen molar-refractivity contribution in [3.8, 4) is 5.69 Å². The second-order valence-electron chi connectivity index (χ2n) is 5.77. The largest absolute Gasteiger partial charge is 0.345 e. The lowest BCUT2D eigenvalue weighted by Gasteiger charge is -2.15. The van der Waals surface area contributed by atoms with E-state index in [1.54, 1.807) is 23.1 Å². The number of hydrogen-bond acceptors (Lipinski definition) is 6. The van der Waals surface area contributed by atoms with Gasteiger partial charge in [-0.2, -0.15) is 5.10 Å². The number of nitro groups is 1. The van der Waals surface area contributed by atoms with Gasteiger partial charge in [-0.25, -0.2) is 9.67 Å². The second kappa shape index (κ2) is 8.00. The van der Waals surface area contributed by atoms with Gasteiger partial charge in [0.2, 0.25) is 0 Å². The Kier molecular flexibility index (Phi) is 5.51. The van der Waals surface area contributed by atoms with Crippen LogP contribution in [0.25, 0.3) is 5.69 Å². The maximum absolute atomic E-state index is 12.6. The lowest BCUT2D eigenvalue weighted by atomic mass is 10.1. The molecule has 0 radical (unpaired) electrons. The predicted molar refractivity (Wildman–Crippen MR) is 102 cm³/mol. The molecule has 1 aromatic heterocycles. The first-order valence-electron chi connectivity index (χ1n) is 8.08. The molecule has 138 valence electrons. The number of nitrogens with one attached hydrogen (secondary N) is 1. The van der Waals surface area contributed by atoms with Gasteiger partial charge in [-0.05, 0) is 43.0 Å². The molecule has 2 aromatic carbocycles. The number of aromatic nitrogens is 3. The van der Waals surface area contributed by atoms with E-state index in [0.29, 0.717) is 0 Å². The van der Waals surface area contributed by atoms with Crippen LogP contribution < -0.4 is 5.32 Å². The molecule has 0 saturated carbocycles. The Hall–Kier alpha value is -3.20. The summed E-state index contributed by atoms with van der Waals surface area (Å²) in [6.45, 7) is 1.83. The number of hydrogen-bond donors (Lipinski definition) is 1. The zero-order valence-corrected chi connectivity index (χ0v) is 15.5. The molecule has 9 heteroatoms. The van der Waals surface area contributed by atoms with Crippen molar-refractivity contribution in [2.45, 2.75) is 17.9 Å². The Morgan fingerprint density at radius 2 is 2.00 bits per heavy atom. The zero-order valence-electron chi connectivity index (χ0n) is 14.7. The van der Waals surface area contributed by atoms with Crippen LogP contribution >= 0.6 is 11.8 Å². The first-order chi connectivity index (χ1) is 13.0. The van der Waals surface area contributed by atoms with Crippen LogP contribution in [-0.2, 0) is 0 Å². The van der Waals surface area contributed by atoms with Gasteiger partial charge in [0.15, 0.2) is 0 Å². The molecule has 1 unspecified atom stereocenters. The van der Waals surface area contributed by atoms with Gasteiger partial charge >= 0.3 is 0 Å². The molecule has 0 saturated heterocycles. The van der Waals surface area contributed by atoms with Crippen molar-refractivity contribution >= 4 is 23.4 Å². The van der Waals surface area contributed by atoms with Gasteiger partial charge in [0.25, 0.3) is 11.6 Å². The fraction of sp³-hybridized carbons (Fsp3) is 0.167. The highest BCUT2D eigenvalue weighted by atomic mass is 32.2. The molecule has 0 aliphatic rings. The third kappa shape index (κ3) is 4.14. The Bertz CT molecular complexity index is 958. The minimum atomic E-state index is -0.545. The highest BCUT2D eigenvalue weighted by Crippen LogP contribution is 2.25. The number of benzene rings is 2. The fourth-order valence-corrected chi connectivity index (χ4v) is 3.04. The van der Waals surface area contributed by atoms with Gasteiger partial charge in [0.05, 0.1) is 16.7 Å². The van der Waals surface area contributed by atoms with Crippen molar-refractivity contribution < 1.29 is 9.72 Å². The summed E-state index contributed by atoms with van der Waals surface area (Å²) in [6.07, 6.45) is 4.90. The Balaban J connectivity index is 1.78. The average Bonchev–Trinajstić information content (AvgIpc) is 3.22. The van der Waals surface area contributed by atoms with E-state index in [-0.39, 0.29) is 17.3 Å². The molecular formula is C18H17N5O3S. The second-order valence-corrected chi connectivity index (χ2v) is 6.65. The number of carbonyl (C=O) groups is 1. The summed E-state index contributed by atoms with van der Waals surface area (Å²) in [5, 5.41) is 18.1. The van der Waals surface area contributed by atoms with Crippen LogP contribution in [0.1, 0.15) is 28.9 Å². The fourth-order valence-electron chi connectivity index (χ4n) is 2.60. The SMILES string of the molecule is CSc1ccc([N+](=O)[O-])c(C(=O)NC(C)c2ccc(-n3cncn3)cc2)c1. The lowest BCUT2D eigenvalue weighted by molar-refractivity contribution is -0.385. The highest BCUT2D eigenvalue weighted by molar-refractivity contribution is 7.98. The smallest absolute Gasteiger partial charge is 0.282 e. The van der Waals surface area contributed by atoms with E-state index >= 15 is 0 Å². The summed E-state index contributed by atoms with van der Waals surface area (Å²) >= 11 is 1.42. The van der Waals surface area contributed by atoms with Gasteiger partial charge in [0.1, 0.15) is 18.2 Å². The number of nitrogens with zero attached hydrogens (tertiary/aromatic N) is 4. The van der Waals surface area contributed by atoms with Crippen LogP contribution in [0, 0.1) is 10.1 Å². The molecule has 27 heavy (non-hydrogen) atoms. The average molecular weight is 383 g/mol. The van der Waals surface area contributed by atoms with E-state index in [2.05, 4.69) is 15.4 Å². The van der Waals surface area contributed by atoms with Crippen LogP contribution in [0.5, 0.6) is 0 Å². The molecule has 1 N–H and O–H groups in total. The summed E-state index contributed by atoms with van der Waals surface area (Å²) in [5.74, 6) is -0.481. The molecule has 8 nitrogen and oxygen atoms in total. The van der Waals surface area contributed by atoms with E-state index in [1.165, 1.54) is 24.2 Å². The van der Waals surface area contributed by atoms with Gasteiger partial charge in [-0.1, -0.05) is 12.1 Å². The Morgan fingerprint density at radius 1 is 1.26 bits per heavy atom. The van der Waals surface area contributed by atoms with Crippen molar-refractivity contribution in [3.05, 3.63) is 76.4 Å². The van der Waals surface area contributed by atoms with Crippen LogP contribution in [0.15, 0.2) is 60.0 Å². The highest BCUT2D eigenvalue weighted by Gasteiger charge is 2.22. The van der Waals surface area contributed by atoms with E-state index in [0.717, 1.165) is 16.1 Å². The number of nitro benzene ring substituents is 1. The van der Waals surface area contributed by atoms with Crippen molar-refractivity contribution in [1.82, 2.24) is 20.1 Å². The van der Waals surface area contributed by atoms with Crippen LogP contribution in [0.2, 0.25) is 0 Å². The van der Waals surface area contributed by atoms with E-state index in [9.17, 15) is 14.9 Å². The van der Waals surface area contributed by atoms with Crippen LogP contribution in [-0.4, -0.2) is 31.9 Å². The number of carbonyl (C=O) groups excluding carboxylic acids is 1. The van der Waals surface area contributed by atoms with Crippen molar-refractivity contribution in [3.63, 3.8) is 0 Å². The quantitative estimate of drug-likeness (QED) is 0.398. The predicted octanol–water partition coefficient (Wildman–Crippen LogP) is 3.39. The normalized spacial score (nSPS) is 11.8. The maximum Gasteiger partial charge on any atom is 0.282 e. The molecule has 3 aromatic rings. The molecule has 0 aliphatic heterocycles. The van der Waals surface area contributed by atoms with Gasteiger partial charge in [0, 0.05) is 11.0 Å². The molecule has 0 bridgehead atoms. The van der Waals surface area contributed by atoms with Gasteiger partial charge in [-0.3, -0.25) is 14.9 Å². The molecule has 1 heterocycles. The lowest BCUT2D eigenvalue weighted by Crippen LogP contribution is -2.27. The van der Waals surface area contributed by atoms with Crippen LogP contribution in [0.3, 0.4) is 0 Å². The summed E-state index contributed by atoms with van der Waals surface area (Å²) in [7, 11) is 0. The number of rotatable bonds is 6. The standard InChI is InChI=1S/C18H17N5O3S/c1-12(13-3-5-14(6-4-13)22-11-19-10-20-22)21-18(24)16-9-15(27-2)7-8-17(16)23(25)26/h3-12H,1-2H3,(H,21,24). The maximum atomic E-state index is 12.6. The summed E-state index contributed by atoms with van der Waals surface area (Å²) in [4.78, 5) is 28.0. The first-order valence-corrected chi connectivity index (χ1v) is 9.30. The molecule has 1 amide bonds. The molecule has 0 aliphatic carbocycles. The van der Waals surface area contributed by atoms with E-state index in [4.69, 9.17) is 0 Å². The number of amides is 1. The monoisotopic (exact) mass is 383 g/mol. The van der Waals surface area contributed by atoms with Gasteiger partial charge < -0.3 is 5.32 Å². The van der Waals surface area contributed by atoms with Crippen molar-refractivity contribution in [2.75, 3.05) is 6.26 Å². The van der Waals surface area contributed by atoms with Gasteiger partial charge in [-0.15, -0.1) is 11.8 Å².